The number of aliphatic hydroxyl groups is 1. The lowest BCUT2D eigenvalue weighted by atomic mass is 10.1. The van der Waals surface area contributed by atoms with Crippen LogP contribution in [0.4, 0.5) is 5.69 Å². The minimum Gasteiger partial charge on any atom is -0.468 e. The van der Waals surface area contributed by atoms with Gasteiger partial charge in [0, 0.05) is 25.2 Å². The Morgan fingerprint density at radius 2 is 2.06 bits per heavy atom. The van der Waals surface area contributed by atoms with Gasteiger partial charge in [0.05, 0.1) is 21.2 Å². The van der Waals surface area contributed by atoms with E-state index in [9.17, 15) is 27.9 Å². The largest absolute Gasteiger partial charge is 0.468 e. The topological polar surface area (TPSA) is 142 Å². The molecule has 2 heterocycles. The molecule has 0 bridgehead atoms. The Morgan fingerprint density at radius 3 is 2.62 bits per heavy atom. The number of carbonyl (C=O) groups is 3. The van der Waals surface area contributed by atoms with Crippen LogP contribution in [0.1, 0.15) is 28.6 Å². The van der Waals surface area contributed by atoms with Crippen molar-refractivity contribution in [2.75, 3.05) is 25.1 Å². The first-order chi connectivity index (χ1) is 16.1. The van der Waals surface area contributed by atoms with E-state index in [-0.39, 0.29) is 30.8 Å². The molecule has 13 heteroatoms. The van der Waals surface area contributed by atoms with Crippen LogP contribution < -0.4 is 14.9 Å². The van der Waals surface area contributed by atoms with Gasteiger partial charge in [-0.25, -0.2) is 8.42 Å². The first-order valence-corrected chi connectivity index (χ1v) is 13.0. The van der Waals surface area contributed by atoms with Crippen LogP contribution in [0.5, 0.6) is 0 Å². The van der Waals surface area contributed by atoms with E-state index in [0.29, 0.717) is 20.5 Å². The molecule has 10 nitrogen and oxygen atoms in total. The van der Waals surface area contributed by atoms with Gasteiger partial charge in [0.15, 0.2) is 0 Å². The summed E-state index contributed by atoms with van der Waals surface area (Å²) in [5.74, 6) is -1.91. The summed E-state index contributed by atoms with van der Waals surface area (Å²) in [5.41, 5.74) is 0.739. The Hall–Kier alpha value is -2.51. The van der Waals surface area contributed by atoms with Crippen LogP contribution in [0.3, 0.4) is 0 Å². The van der Waals surface area contributed by atoms with Gasteiger partial charge >= 0.3 is 5.97 Å². The average Bonchev–Trinajstić information content (AvgIpc) is 3.40. The van der Waals surface area contributed by atoms with Crippen LogP contribution >= 0.6 is 22.9 Å². The molecule has 0 spiro atoms. The molecule has 34 heavy (non-hydrogen) atoms. The molecule has 1 aromatic heterocycles. The lowest BCUT2D eigenvalue weighted by molar-refractivity contribution is -0.142. The van der Waals surface area contributed by atoms with Gasteiger partial charge in [-0.1, -0.05) is 24.6 Å². The SMILES string of the molecule is CCc1c(N2CC[C@H](O)C2=O)cccc1S(=O)(=O)N[C@@H](CNC(=O)c1ccc(Cl)s1)C(=O)OC. The zero-order chi connectivity index (χ0) is 25.0. The van der Waals surface area contributed by atoms with E-state index in [4.69, 9.17) is 16.3 Å². The van der Waals surface area contributed by atoms with Crippen LogP contribution in [0.15, 0.2) is 35.2 Å². The molecule has 0 radical (unpaired) electrons. The smallest absolute Gasteiger partial charge is 0.325 e. The molecule has 0 saturated carbocycles. The fraction of sp³-hybridized carbons (Fsp3) is 0.381. The summed E-state index contributed by atoms with van der Waals surface area (Å²) in [5, 5.41) is 12.3. The second-order valence-electron chi connectivity index (χ2n) is 7.41. The zero-order valence-corrected chi connectivity index (χ0v) is 20.8. The number of carbonyl (C=O) groups excluding carboxylic acids is 3. The summed E-state index contributed by atoms with van der Waals surface area (Å²) >= 11 is 6.87. The Kier molecular flexibility index (Phi) is 8.31. The maximum atomic E-state index is 13.3. The van der Waals surface area contributed by atoms with Crippen molar-refractivity contribution in [3.63, 3.8) is 0 Å². The minimum atomic E-state index is -4.27. The van der Waals surface area contributed by atoms with Gasteiger partial charge in [-0.3, -0.25) is 14.4 Å². The van der Waals surface area contributed by atoms with Gasteiger partial charge in [0.1, 0.15) is 12.1 Å². The number of amides is 2. The number of hydrogen-bond acceptors (Lipinski definition) is 8. The Morgan fingerprint density at radius 1 is 1.32 bits per heavy atom. The molecule has 1 aliphatic heterocycles. The van der Waals surface area contributed by atoms with Crippen LogP contribution in [-0.4, -0.2) is 63.7 Å². The van der Waals surface area contributed by atoms with Crippen LogP contribution in [0.25, 0.3) is 0 Å². The number of aliphatic hydroxyl groups excluding tert-OH is 1. The Labute approximate surface area is 205 Å². The number of nitrogens with one attached hydrogen (secondary N) is 2. The van der Waals surface area contributed by atoms with Crippen molar-refractivity contribution >= 4 is 56.4 Å². The van der Waals surface area contributed by atoms with Crippen LogP contribution in [0.2, 0.25) is 4.34 Å². The average molecular weight is 530 g/mol. The number of anilines is 1. The predicted molar refractivity (Wildman–Crippen MR) is 127 cm³/mol. The highest BCUT2D eigenvalue weighted by Crippen LogP contribution is 2.31. The molecule has 1 fully saturated rings. The highest BCUT2D eigenvalue weighted by Gasteiger charge is 2.34. The van der Waals surface area contributed by atoms with Gasteiger partial charge in [-0.05, 0) is 36.2 Å². The molecule has 3 rings (SSSR count). The monoisotopic (exact) mass is 529 g/mol. The standard InChI is InChI=1S/C21H24ClN3O7S2/c1-3-12-14(25-10-9-15(26)20(25)28)5-4-6-17(12)34(30,31)24-13(21(29)32-2)11-23-19(27)16-7-8-18(22)33-16/h4-8,13,15,24,26H,3,9-11H2,1-2H3,(H,23,27)/t13-,15-/m0/s1. The summed E-state index contributed by atoms with van der Waals surface area (Å²) in [6, 6.07) is 6.11. The molecular weight excluding hydrogens is 506 g/mol. The Bertz CT molecular complexity index is 1200. The Balaban J connectivity index is 1.85. The maximum absolute atomic E-state index is 13.3. The minimum absolute atomic E-state index is 0.119. The van der Waals surface area contributed by atoms with E-state index < -0.39 is 40.0 Å². The number of rotatable bonds is 9. The quantitative estimate of drug-likeness (QED) is 0.416. The molecule has 2 aromatic rings. The first kappa shape index (κ1) is 26.1. The molecule has 1 aromatic carbocycles. The second-order valence-corrected chi connectivity index (χ2v) is 10.8. The van der Waals surface area contributed by atoms with Crippen molar-refractivity contribution in [2.24, 2.45) is 0 Å². The van der Waals surface area contributed by atoms with E-state index in [1.807, 2.05) is 0 Å². The van der Waals surface area contributed by atoms with Crippen molar-refractivity contribution in [1.29, 1.82) is 0 Å². The van der Waals surface area contributed by atoms with Gasteiger partial charge in [0.2, 0.25) is 10.0 Å². The third-order valence-corrected chi connectivity index (χ3v) is 8.05. The first-order valence-electron chi connectivity index (χ1n) is 10.3. The molecule has 3 N–H and O–H groups in total. The number of benzene rings is 1. The van der Waals surface area contributed by atoms with Crippen molar-refractivity contribution in [1.82, 2.24) is 10.0 Å². The van der Waals surface area contributed by atoms with Crippen LogP contribution in [0, 0.1) is 0 Å². The molecule has 2 amide bonds. The molecule has 0 aliphatic carbocycles. The molecular formula is C21H24ClN3O7S2. The normalized spacial score (nSPS) is 17.0. The summed E-state index contributed by atoms with van der Waals surface area (Å²) in [6.45, 7) is 1.63. The van der Waals surface area contributed by atoms with Gasteiger partial charge in [-0.2, -0.15) is 4.72 Å². The number of ether oxygens (including phenoxy) is 1. The number of thiophene rings is 1. The summed E-state index contributed by atoms with van der Waals surface area (Å²) < 4.78 is 34.0. The number of nitrogens with zero attached hydrogens (tertiary/aromatic N) is 1. The molecule has 1 aliphatic rings. The highest BCUT2D eigenvalue weighted by molar-refractivity contribution is 7.89. The fourth-order valence-corrected chi connectivity index (χ4v) is 6.07. The number of halogens is 1. The number of sulfonamides is 1. The summed E-state index contributed by atoms with van der Waals surface area (Å²) in [7, 11) is -3.17. The molecule has 2 atom stereocenters. The second kappa shape index (κ2) is 10.8. The lowest BCUT2D eigenvalue weighted by Crippen LogP contribution is -2.49. The van der Waals surface area contributed by atoms with Crippen molar-refractivity contribution in [3.05, 3.63) is 45.1 Å². The van der Waals surface area contributed by atoms with E-state index in [2.05, 4.69) is 10.0 Å². The number of hydrogen-bond donors (Lipinski definition) is 3. The molecule has 184 valence electrons. The molecule has 0 unspecified atom stereocenters. The summed E-state index contributed by atoms with van der Waals surface area (Å²) in [6.07, 6.45) is -0.615. The summed E-state index contributed by atoms with van der Waals surface area (Å²) in [4.78, 5) is 38.4. The van der Waals surface area contributed by atoms with E-state index >= 15 is 0 Å². The lowest BCUT2D eigenvalue weighted by Gasteiger charge is -2.23. The molecule has 1 saturated heterocycles. The van der Waals surface area contributed by atoms with Gasteiger partial charge in [0.25, 0.3) is 11.8 Å². The van der Waals surface area contributed by atoms with E-state index in [1.54, 1.807) is 19.1 Å². The maximum Gasteiger partial charge on any atom is 0.325 e. The van der Waals surface area contributed by atoms with Crippen molar-refractivity contribution in [2.45, 2.75) is 36.8 Å². The van der Waals surface area contributed by atoms with Crippen molar-refractivity contribution in [3.8, 4) is 0 Å². The third-order valence-electron chi connectivity index (χ3n) is 5.27. The fourth-order valence-electron chi connectivity index (χ4n) is 3.60. The van der Waals surface area contributed by atoms with E-state index in [0.717, 1.165) is 18.4 Å². The van der Waals surface area contributed by atoms with Gasteiger partial charge < -0.3 is 20.1 Å². The number of esters is 1. The van der Waals surface area contributed by atoms with Gasteiger partial charge in [-0.15, -0.1) is 11.3 Å². The third kappa shape index (κ3) is 5.58. The van der Waals surface area contributed by atoms with Crippen molar-refractivity contribution < 1.29 is 32.6 Å². The van der Waals surface area contributed by atoms with E-state index in [1.165, 1.54) is 23.1 Å². The zero-order valence-electron chi connectivity index (χ0n) is 18.4. The predicted octanol–water partition coefficient (Wildman–Crippen LogP) is 1.31. The highest BCUT2D eigenvalue weighted by atomic mass is 35.5. The van der Waals surface area contributed by atoms with Crippen LogP contribution in [-0.2, 0) is 30.8 Å². The number of methoxy groups -OCH3 is 1.